The second kappa shape index (κ2) is 14.3. The van der Waals surface area contributed by atoms with Crippen molar-refractivity contribution in [2.45, 2.75) is 51.3 Å². The van der Waals surface area contributed by atoms with Gasteiger partial charge in [0.1, 0.15) is 0 Å². The molecule has 3 aromatic carbocycles. The first-order valence-corrected chi connectivity index (χ1v) is 13.2. The smallest absolute Gasteiger partial charge is 0.0858 e. The predicted octanol–water partition coefficient (Wildman–Crippen LogP) is 10.0. The molecule has 0 aromatic heterocycles. The summed E-state index contributed by atoms with van der Waals surface area (Å²) in [6.45, 7) is 8.54. The lowest BCUT2D eigenvalue weighted by Gasteiger charge is -2.20. The Kier molecular flexibility index (Phi) is 10.8. The highest BCUT2D eigenvalue weighted by atomic mass is 32.2. The van der Waals surface area contributed by atoms with Crippen molar-refractivity contribution in [2.75, 3.05) is 23.7 Å². The number of rotatable bonds is 13. The summed E-state index contributed by atoms with van der Waals surface area (Å²) in [5, 5.41) is 17.4. The van der Waals surface area contributed by atoms with Crippen molar-refractivity contribution in [3.05, 3.63) is 72.8 Å². The topological polar surface area (TPSA) is 52.7 Å². The summed E-state index contributed by atoms with van der Waals surface area (Å²) in [5.74, 6) is 1.17. The molecule has 5 nitrogen and oxygen atoms in total. The number of unbranched alkanes of at least 4 members (excludes halogenated alkanes) is 3. The fraction of sp³-hybridized carbons (Fsp3) is 0.357. The molecule has 0 aliphatic carbocycles. The summed E-state index contributed by atoms with van der Waals surface area (Å²) in [6, 6.07) is 24.1. The molecule has 34 heavy (non-hydrogen) atoms. The van der Waals surface area contributed by atoms with Gasteiger partial charge in [-0.05, 0) is 98.8 Å². The van der Waals surface area contributed by atoms with Crippen molar-refractivity contribution in [2.24, 2.45) is 20.5 Å². The number of azo groups is 2. The fourth-order valence-electron chi connectivity index (χ4n) is 3.46. The predicted molar refractivity (Wildman–Crippen MR) is 146 cm³/mol. The van der Waals surface area contributed by atoms with Gasteiger partial charge in [-0.3, -0.25) is 0 Å². The number of benzene rings is 3. The third-order valence-corrected chi connectivity index (χ3v) is 6.59. The first-order chi connectivity index (χ1) is 16.7. The van der Waals surface area contributed by atoms with Crippen molar-refractivity contribution in [3.8, 4) is 0 Å². The van der Waals surface area contributed by atoms with Gasteiger partial charge in [-0.15, -0.1) is 11.8 Å². The molecular formula is C28H35N5S. The Morgan fingerprint density at radius 3 is 1.44 bits per heavy atom. The van der Waals surface area contributed by atoms with E-state index in [9.17, 15) is 0 Å². The van der Waals surface area contributed by atoms with Gasteiger partial charge in [0.25, 0.3) is 0 Å². The van der Waals surface area contributed by atoms with Gasteiger partial charge in [0, 0.05) is 23.7 Å². The highest BCUT2D eigenvalue weighted by molar-refractivity contribution is 7.99. The summed E-state index contributed by atoms with van der Waals surface area (Å²) in [4.78, 5) is 3.59. The molecule has 0 unspecified atom stereocenters. The Labute approximate surface area is 208 Å². The Balaban J connectivity index is 1.50. The number of hydrogen-bond donors (Lipinski definition) is 0. The molecule has 0 saturated carbocycles. The highest BCUT2D eigenvalue weighted by Crippen LogP contribution is 2.26. The summed E-state index contributed by atoms with van der Waals surface area (Å²) in [5.41, 5.74) is 4.47. The van der Waals surface area contributed by atoms with E-state index in [2.05, 4.69) is 70.4 Å². The Morgan fingerprint density at radius 1 is 0.559 bits per heavy atom. The molecule has 0 aliphatic rings. The van der Waals surface area contributed by atoms with Gasteiger partial charge in [-0.2, -0.15) is 20.5 Å². The molecule has 178 valence electrons. The molecule has 0 heterocycles. The molecule has 3 aromatic rings. The van der Waals surface area contributed by atoms with E-state index in [0.717, 1.165) is 35.8 Å². The molecule has 6 heteroatoms. The van der Waals surface area contributed by atoms with E-state index in [1.54, 1.807) is 0 Å². The van der Waals surface area contributed by atoms with Crippen LogP contribution in [-0.2, 0) is 0 Å². The molecule has 0 bridgehead atoms. The van der Waals surface area contributed by atoms with Gasteiger partial charge in [0.2, 0.25) is 0 Å². The van der Waals surface area contributed by atoms with Crippen LogP contribution in [0.15, 0.2) is 98.1 Å². The highest BCUT2D eigenvalue weighted by Gasteiger charge is 2.01. The Hall–Kier alpha value is -2.99. The SMILES string of the molecule is CCCCCCSc1ccc(N=Nc2ccc(N=Nc3ccc(N(CC)CC)cc3)cc2)cc1. The largest absolute Gasteiger partial charge is 0.372 e. The molecule has 0 atom stereocenters. The molecule has 0 spiro atoms. The molecular weight excluding hydrogens is 438 g/mol. The van der Waals surface area contributed by atoms with Gasteiger partial charge in [0.05, 0.1) is 22.7 Å². The molecule has 0 saturated heterocycles. The minimum absolute atomic E-state index is 0.784. The van der Waals surface area contributed by atoms with E-state index < -0.39 is 0 Å². The van der Waals surface area contributed by atoms with Gasteiger partial charge < -0.3 is 4.90 Å². The second-order valence-electron chi connectivity index (χ2n) is 8.01. The van der Waals surface area contributed by atoms with Crippen LogP contribution < -0.4 is 4.90 Å². The van der Waals surface area contributed by atoms with Crippen molar-refractivity contribution >= 4 is 40.2 Å². The molecule has 0 N–H and O–H groups in total. The number of anilines is 1. The molecule has 0 fully saturated rings. The van der Waals surface area contributed by atoms with Crippen molar-refractivity contribution < 1.29 is 0 Å². The minimum Gasteiger partial charge on any atom is -0.372 e. The Bertz CT molecular complexity index is 1020. The number of hydrogen-bond acceptors (Lipinski definition) is 6. The number of nitrogens with zero attached hydrogens (tertiary/aromatic N) is 5. The summed E-state index contributed by atoms with van der Waals surface area (Å²) < 4.78 is 0. The van der Waals surface area contributed by atoms with Crippen LogP contribution in [0.4, 0.5) is 28.4 Å². The van der Waals surface area contributed by atoms with Crippen molar-refractivity contribution in [3.63, 3.8) is 0 Å². The maximum absolute atomic E-state index is 4.36. The summed E-state index contributed by atoms with van der Waals surface area (Å²) in [6.07, 6.45) is 5.20. The van der Waals surface area contributed by atoms with Crippen molar-refractivity contribution in [1.82, 2.24) is 0 Å². The molecule has 0 amide bonds. The number of thioether (sulfide) groups is 1. The summed E-state index contributed by atoms with van der Waals surface area (Å²) >= 11 is 1.91. The van der Waals surface area contributed by atoms with Crippen LogP contribution in [0.25, 0.3) is 0 Å². The van der Waals surface area contributed by atoms with Crippen LogP contribution in [-0.4, -0.2) is 18.8 Å². The lowest BCUT2D eigenvalue weighted by atomic mass is 10.2. The zero-order chi connectivity index (χ0) is 24.0. The van der Waals surface area contributed by atoms with Crippen LogP contribution >= 0.6 is 11.8 Å². The average molecular weight is 474 g/mol. The summed E-state index contributed by atoms with van der Waals surface area (Å²) in [7, 11) is 0. The quantitative estimate of drug-likeness (QED) is 0.141. The molecule has 3 rings (SSSR count). The maximum Gasteiger partial charge on any atom is 0.0858 e. The zero-order valence-electron chi connectivity index (χ0n) is 20.5. The van der Waals surface area contributed by atoms with E-state index >= 15 is 0 Å². The van der Waals surface area contributed by atoms with E-state index in [1.807, 2.05) is 60.3 Å². The Morgan fingerprint density at radius 2 is 1.00 bits per heavy atom. The monoisotopic (exact) mass is 473 g/mol. The normalized spacial score (nSPS) is 11.5. The zero-order valence-corrected chi connectivity index (χ0v) is 21.3. The average Bonchev–Trinajstić information content (AvgIpc) is 2.89. The van der Waals surface area contributed by atoms with Crippen LogP contribution in [0.1, 0.15) is 46.5 Å². The van der Waals surface area contributed by atoms with E-state index in [4.69, 9.17) is 0 Å². The second-order valence-corrected chi connectivity index (χ2v) is 9.18. The minimum atomic E-state index is 0.784. The van der Waals surface area contributed by atoms with Gasteiger partial charge >= 0.3 is 0 Å². The van der Waals surface area contributed by atoms with Crippen molar-refractivity contribution in [1.29, 1.82) is 0 Å². The molecule has 0 aliphatic heterocycles. The lowest BCUT2D eigenvalue weighted by molar-refractivity contribution is 0.706. The van der Waals surface area contributed by atoms with Crippen LogP contribution in [0.3, 0.4) is 0 Å². The molecule has 0 radical (unpaired) electrons. The maximum atomic E-state index is 4.36. The van der Waals surface area contributed by atoms with Gasteiger partial charge in [-0.1, -0.05) is 26.2 Å². The third-order valence-electron chi connectivity index (χ3n) is 5.49. The lowest BCUT2D eigenvalue weighted by Crippen LogP contribution is -2.21. The van der Waals surface area contributed by atoms with Gasteiger partial charge in [0.15, 0.2) is 0 Å². The standard InChI is InChI=1S/C28H35N5S/c1-4-7-8-9-22-34-28-20-16-26(17-21-28)32-30-24-12-10-23(11-13-24)29-31-25-14-18-27(19-15-25)33(5-2)6-3/h10-21H,4-9,22H2,1-3H3. The van der Waals surface area contributed by atoms with Crippen LogP contribution in [0.2, 0.25) is 0 Å². The van der Waals surface area contributed by atoms with Gasteiger partial charge in [-0.25, -0.2) is 0 Å². The van der Waals surface area contributed by atoms with E-state index in [1.165, 1.54) is 42.0 Å². The third kappa shape index (κ3) is 8.41. The van der Waals surface area contributed by atoms with Crippen LogP contribution in [0, 0.1) is 0 Å². The fourth-order valence-corrected chi connectivity index (χ4v) is 4.38. The van der Waals surface area contributed by atoms with E-state index in [0.29, 0.717) is 0 Å². The first kappa shape index (κ1) is 25.6. The van der Waals surface area contributed by atoms with Crippen LogP contribution in [0.5, 0.6) is 0 Å². The van der Waals surface area contributed by atoms with E-state index in [-0.39, 0.29) is 0 Å². The first-order valence-electron chi connectivity index (χ1n) is 12.2.